The summed E-state index contributed by atoms with van der Waals surface area (Å²) < 4.78 is 0. The van der Waals surface area contributed by atoms with Gasteiger partial charge in [-0.15, -0.1) is 11.8 Å². The second-order valence-electron chi connectivity index (χ2n) is 4.38. The van der Waals surface area contributed by atoms with Crippen molar-refractivity contribution in [3.63, 3.8) is 0 Å². The van der Waals surface area contributed by atoms with Gasteiger partial charge in [-0.3, -0.25) is 4.79 Å². The van der Waals surface area contributed by atoms with Crippen molar-refractivity contribution in [3.8, 4) is 0 Å². The van der Waals surface area contributed by atoms with Gasteiger partial charge in [-0.05, 0) is 31.2 Å². The SMILES string of the molecule is O=C1CSc2ccc(NC3CCNC3)cc2N1. The quantitative estimate of drug-likeness (QED) is 0.743. The fourth-order valence-electron chi connectivity index (χ4n) is 2.19. The Labute approximate surface area is 105 Å². The van der Waals surface area contributed by atoms with Crippen LogP contribution in [0.1, 0.15) is 6.42 Å². The number of carbonyl (C=O) groups excluding carboxylic acids is 1. The molecule has 1 aromatic carbocycles. The number of hydrogen-bond acceptors (Lipinski definition) is 4. The van der Waals surface area contributed by atoms with Crippen LogP contribution < -0.4 is 16.0 Å². The maximum Gasteiger partial charge on any atom is 0.234 e. The number of fused-ring (bicyclic) bond motifs is 1. The van der Waals surface area contributed by atoms with Crippen molar-refractivity contribution in [1.82, 2.24) is 5.32 Å². The minimum absolute atomic E-state index is 0.0854. The topological polar surface area (TPSA) is 53.2 Å². The second kappa shape index (κ2) is 4.58. The molecule has 5 heteroatoms. The molecule has 17 heavy (non-hydrogen) atoms. The molecule has 3 rings (SSSR count). The van der Waals surface area contributed by atoms with Gasteiger partial charge in [0.15, 0.2) is 0 Å². The van der Waals surface area contributed by atoms with Gasteiger partial charge in [0, 0.05) is 23.2 Å². The van der Waals surface area contributed by atoms with E-state index in [1.165, 1.54) is 0 Å². The fourth-order valence-corrected chi connectivity index (χ4v) is 2.97. The van der Waals surface area contributed by atoms with E-state index in [0.29, 0.717) is 11.8 Å². The predicted molar refractivity (Wildman–Crippen MR) is 70.7 cm³/mol. The summed E-state index contributed by atoms with van der Waals surface area (Å²) in [6.07, 6.45) is 1.15. The summed E-state index contributed by atoms with van der Waals surface area (Å²) in [5, 5.41) is 9.72. The largest absolute Gasteiger partial charge is 0.381 e. The van der Waals surface area contributed by atoms with E-state index in [-0.39, 0.29) is 5.91 Å². The predicted octanol–water partition coefficient (Wildman–Crippen LogP) is 1.50. The first-order chi connectivity index (χ1) is 8.31. The number of carbonyl (C=O) groups is 1. The van der Waals surface area contributed by atoms with Crippen LogP contribution in [0.2, 0.25) is 0 Å². The van der Waals surface area contributed by atoms with Crippen LogP contribution in [0.15, 0.2) is 23.1 Å². The third-order valence-corrected chi connectivity index (χ3v) is 4.12. The highest BCUT2D eigenvalue weighted by Gasteiger charge is 2.17. The Hall–Kier alpha value is -1.20. The molecule has 0 bridgehead atoms. The molecule has 3 N–H and O–H groups in total. The number of thioether (sulfide) groups is 1. The number of anilines is 2. The molecule has 1 aromatic rings. The smallest absolute Gasteiger partial charge is 0.234 e. The first-order valence-corrected chi connectivity index (χ1v) is 6.84. The van der Waals surface area contributed by atoms with Crippen LogP contribution in [-0.2, 0) is 4.79 Å². The molecule has 0 aromatic heterocycles. The first kappa shape index (κ1) is 10.9. The summed E-state index contributed by atoms with van der Waals surface area (Å²) in [6, 6.07) is 6.68. The van der Waals surface area contributed by atoms with E-state index >= 15 is 0 Å². The van der Waals surface area contributed by atoms with Crippen LogP contribution in [-0.4, -0.2) is 30.8 Å². The Kier molecular flexibility index (Phi) is 2.94. The van der Waals surface area contributed by atoms with Gasteiger partial charge in [-0.2, -0.15) is 0 Å². The molecule has 1 amide bonds. The minimum atomic E-state index is 0.0854. The Morgan fingerprint density at radius 3 is 3.18 bits per heavy atom. The van der Waals surface area contributed by atoms with Gasteiger partial charge in [-0.25, -0.2) is 0 Å². The second-order valence-corrected chi connectivity index (χ2v) is 5.40. The van der Waals surface area contributed by atoms with E-state index in [2.05, 4.69) is 28.1 Å². The van der Waals surface area contributed by atoms with E-state index < -0.39 is 0 Å². The lowest BCUT2D eigenvalue weighted by Gasteiger charge is -2.19. The molecule has 0 saturated carbocycles. The molecular formula is C12H15N3OS. The van der Waals surface area contributed by atoms with Gasteiger partial charge in [0.1, 0.15) is 0 Å². The molecule has 2 heterocycles. The summed E-state index contributed by atoms with van der Waals surface area (Å²) in [5.74, 6) is 0.606. The van der Waals surface area contributed by atoms with Gasteiger partial charge in [0.2, 0.25) is 5.91 Å². The maximum absolute atomic E-state index is 11.3. The fraction of sp³-hybridized carbons (Fsp3) is 0.417. The molecule has 0 aliphatic carbocycles. The van der Waals surface area contributed by atoms with Crippen molar-refractivity contribution in [1.29, 1.82) is 0 Å². The zero-order valence-electron chi connectivity index (χ0n) is 9.45. The average molecular weight is 249 g/mol. The standard InChI is InChI=1S/C12H15N3OS/c16-12-7-17-11-2-1-8(5-10(11)15-12)14-9-3-4-13-6-9/h1-2,5,9,13-14H,3-4,6-7H2,(H,15,16). The summed E-state index contributed by atoms with van der Waals surface area (Å²) in [5.41, 5.74) is 2.02. The molecule has 1 fully saturated rings. The summed E-state index contributed by atoms with van der Waals surface area (Å²) in [7, 11) is 0. The Bertz CT molecular complexity index is 443. The summed E-state index contributed by atoms with van der Waals surface area (Å²) in [4.78, 5) is 12.5. The number of nitrogens with one attached hydrogen (secondary N) is 3. The van der Waals surface area contributed by atoms with Crippen molar-refractivity contribution in [2.45, 2.75) is 17.4 Å². The third kappa shape index (κ3) is 2.40. The number of hydrogen-bond donors (Lipinski definition) is 3. The van der Waals surface area contributed by atoms with Crippen molar-refractivity contribution in [2.24, 2.45) is 0 Å². The minimum Gasteiger partial charge on any atom is -0.381 e. The highest BCUT2D eigenvalue weighted by Crippen LogP contribution is 2.33. The highest BCUT2D eigenvalue weighted by molar-refractivity contribution is 8.00. The van der Waals surface area contributed by atoms with Crippen molar-refractivity contribution >= 4 is 29.0 Å². The molecule has 4 nitrogen and oxygen atoms in total. The number of benzene rings is 1. The molecule has 1 atom stereocenters. The molecule has 1 unspecified atom stereocenters. The van der Waals surface area contributed by atoms with Crippen LogP contribution in [0.3, 0.4) is 0 Å². The van der Waals surface area contributed by atoms with E-state index in [0.717, 1.165) is 35.8 Å². The van der Waals surface area contributed by atoms with Crippen molar-refractivity contribution < 1.29 is 4.79 Å². The van der Waals surface area contributed by atoms with Gasteiger partial charge >= 0.3 is 0 Å². The Balaban J connectivity index is 1.77. The van der Waals surface area contributed by atoms with Crippen molar-refractivity contribution in [3.05, 3.63) is 18.2 Å². The van der Waals surface area contributed by atoms with Gasteiger partial charge in [-0.1, -0.05) is 0 Å². The zero-order chi connectivity index (χ0) is 11.7. The van der Waals surface area contributed by atoms with Crippen LogP contribution in [0.5, 0.6) is 0 Å². The molecular weight excluding hydrogens is 234 g/mol. The van der Waals surface area contributed by atoms with Crippen molar-refractivity contribution in [2.75, 3.05) is 29.5 Å². The van der Waals surface area contributed by atoms with Gasteiger partial charge in [0.25, 0.3) is 0 Å². The normalized spacial score (nSPS) is 23.1. The summed E-state index contributed by atoms with van der Waals surface area (Å²) in [6.45, 7) is 2.09. The molecule has 1 saturated heterocycles. The van der Waals surface area contributed by atoms with Crippen LogP contribution >= 0.6 is 11.8 Å². The third-order valence-electron chi connectivity index (χ3n) is 3.04. The van der Waals surface area contributed by atoms with E-state index in [1.807, 2.05) is 6.07 Å². The molecule has 2 aliphatic rings. The molecule has 0 radical (unpaired) electrons. The summed E-state index contributed by atoms with van der Waals surface area (Å²) >= 11 is 1.60. The lowest BCUT2D eigenvalue weighted by Crippen LogP contribution is -2.23. The average Bonchev–Trinajstić information content (AvgIpc) is 2.81. The van der Waals surface area contributed by atoms with Crippen LogP contribution in [0, 0.1) is 0 Å². The first-order valence-electron chi connectivity index (χ1n) is 5.85. The highest BCUT2D eigenvalue weighted by atomic mass is 32.2. The maximum atomic E-state index is 11.3. The number of rotatable bonds is 2. The molecule has 2 aliphatic heterocycles. The monoisotopic (exact) mass is 249 g/mol. The molecule has 90 valence electrons. The van der Waals surface area contributed by atoms with E-state index in [1.54, 1.807) is 11.8 Å². The van der Waals surface area contributed by atoms with E-state index in [4.69, 9.17) is 0 Å². The van der Waals surface area contributed by atoms with Gasteiger partial charge in [0.05, 0.1) is 11.4 Å². The zero-order valence-corrected chi connectivity index (χ0v) is 10.3. The Morgan fingerprint density at radius 2 is 2.35 bits per heavy atom. The lowest BCUT2D eigenvalue weighted by molar-refractivity contribution is -0.113. The van der Waals surface area contributed by atoms with Crippen LogP contribution in [0.25, 0.3) is 0 Å². The molecule has 0 spiro atoms. The number of amides is 1. The lowest BCUT2D eigenvalue weighted by atomic mass is 10.2. The van der Waals surface area contributed by atoms with Crippen LogP contribution in [0.4, 0.5) is 11.4 Å². The van der Waals surface area contributed by atoms with E-state index in [9.17, 15) is 4.79 Å². The van der Waals surface area contributed by atoms with Gasteiger partial charge < -0.3 is 16.0 Å². The Morgan fingerprint density at radius 1 is 1.41 bits per heavy atom.